The Morgan fingerprint density at radius 1 is 1.04 bits per heavy atom. The molecule has 3 aromatic rings. The molecule has 1 atom stereocenters. The van der Waals surface area contributed by atoms with E-state index in [0.29, 0.717) is 22.0 Å². The van der Waals surface area contributed by atoms with Gasteiger partial charge in [-0.3, -0.25) is 14.1 Å². The van der Waals surface area contributed by atoms with Crippen molar-refractivity contribution in [3.05, 3.63) is 64.7 Å². The minimum absolute atomic E-state index is 0.0866. The Kier molecular flexibility index (Phi) is 4.17. The zero-order chi connectivity index (χ0) is 20.2. The normalized spacial score (nSPS) is 14.5. The number of nitrogens with two attached hydrogens (primary N) is 1. The summed E-state index contributed by atoms with van der Waals surface area (Å²) in [5.41, 5.74) is 8.92. The molecule has 0 saturated carbocycles. The first-order chi connectivity index (χ1) is 13.3. The number of anilines is 2. The van der Waals surface area contributed by atoms with Gasteiger partial charge in [-0.1, -0.05) is 29.8 Å². The number of hydrogen-bond acceptors (Lipinski definition) is 5. The van der Waals surface area contributed by atoms with Gasteiger partial charge in [-0.25, -0.2) is 4.90 Å². The van der Waals surface area contributed by atoms with Crippen molar-refractivity contribution in [1.29, 1.82) is 0 Å². The maximum atomic E-state index is 13.3. The van der Waals surface area contributed by atoms with Crippen LogP contribution in [0.5, 0.6) is 5.75 Å². The van der Waals surface area contributed by atoms with Crippen LogP contribution in [0.1, 0.15) is 31.8 Å². The van der Waals surface area contributed by atoms with Gasteiger partial charge in [0.15, 0.2) is 5.75 Å². The summed E-state index contributed by atoms with van der Waals surface area (Å²) in [5.74, 6) is -1.09. The highest BCUT2D eigenvalue weighted by molar-refractivity contribution is 7.74. The zero-order valence-electron chi connectivity index (χ0n) is 15.1. The van der Waals surface area contributed by atoms with Crippen LogP contribution in [-0.4, -0.2) is 20.6 Å². The summed E-state index contributed by atoms with van der Waals surface area (Å²) >= 11 is -2.61. The smallest absolute Gasteiger partial charge is 0.357 e. The molecule has 7 nitrogen and oxygen atoms in total. The number of rotatable bonds is 3. The van der Waals surface area contributed by atoms with E-state index in [1.807, 2.05) is 26.0 Å². The summed E-state index contributed by atoms with van der Waals surface area (Å²) in [5, 5.41) is 0.824. The third-order valence-corrected chi connectivity index (χ3v) is 5.11. The molecule has 0 saturated heterocycles. The van der Waals surface area contributed by atoms with Crippen LogP contribution in [0.4, 0.5) is 11.4 Å². The second-order valence-electron chi connectivity index (χ2n) is 6.60. The molecule has 0 spiro atoms. The number of hydrogen-bond donors (Lipinski definition) is 2. The predicted molar refractivity (Wildman–Crippen MR) is 107 cm³/mol. The lowest BCUT2D eigenvalue weighted by molar-refractivity contribution is 0.0893. The van der Waals surface area contributed by atoms with E-state index in [1.54, 1.807) is 24.3 Å². The number of aryl methyl sites for hydroxylation is 2. The molecule has 3 N–H and O–H groups in total. The molecular weight excluding hydrogens is 380 g/mol. The van der Waals surface area contributed by atoms with Crippen LogP contribution in [0, 0.1) is 13.8 Å². The fourth-order valence-corrected chi connectivity index (χ4v) is 3.87. The molecule has 1 unspecified atom stereocenters. The monoisotopic (exact) mass is 396 g/mol. The average Bonchev–Trinajstić information content (AvgIpc) is 2.64. The largest absolute Gasteiger partial charge is 0.395 e. The topological polar surface area (TPSA) is 110 Å². The second-order valence-corrected chi connectivity index (χ2v) is 7.20. The van der Waals surface area contributed by atoms with Crippen molar-refractivity contribution in [3.8, 4) is 5.75 Å². The van der Waals surface area contributed by atoms with Crippen molar-refractivity contribution >= 4 is 45.3 Å². The van der Waals surface area contributed by atoms with Crippen molar-refractivity contribution < 1.29 is 22.5 Å². The van der Waals surface area contributed by atoms with E-state index in [1.165, 1.54) is 6.07 Å². The molecule has 0 fully saturated rings. The molecule has 0 aliphatic carbocycles. The molecule has 1 aliphatic heterocycles. The van der Waals surface area contributed by atoms with E-state index in [4.69, 9.17) is 14.5 Å². The molecule has 1 aliphatic rings. The van der Waals surface area contributed by atoms with Gasteiger partial charge in [0.2, 0.25) is 0 Å². The molecule has 0 bridgehead atoms. The molecule has 28 heavy (non-hydrogen) atoms. The van der Waals surface area contributed by atoms with Gasteiger partial charge in [0.1, 0.15) is 0 Å². The third kappa shape index (κ3) is 2.65. The second kappa shape index (κ2) is 6.43. The molecule has 0 aromatic heterocycles. The number of benzene rings is 3. The van der Waals surface area contributed by atoms with Gasteiger partial charge >= 0.3 is 11.4 Å². The van der Waals surface area contributed by atoms with Crippen LogP contribution >= 0.6 is 0 Å². The number of imide groups is 1. The molecule has 8 heteroatoms. The minimum Gasteiger partial charge on any atom is -0.395 e. The van der Waals surface area contributed by atoms with Gasteiger partial charge in [-0.05, 0) is 37.6 Å². The first-order valence-corrected chi connectivity index (χ1v) is 9.43. The summed E-state index contributed by atoms with van der Waals surface area (Å²) in [6.07, 6.45) is 0. The Balaban J connectivity index is 2.00. The van der Waals surface area contributed by atoms with Gasteiger partial charge in [-0.2, -0.15) is 4.21 Å². The van der Waals surface area contributed by atoms with Gasteiger partial charge in [0.25, 0.3) is 11.8 Å². The maximum Gasteiger partial charge on any atom is 0.357 e. The molecule has 2 amide bonds. The van der Waals surface area contributed by atoms with Crippen molar-refractivity contribution in [2.75, 3.05) is 10.6 Å². The van der Waals surface area contributed by atoms with Crippen LogP contribution in [0.25, 0.3) is 10.8 Å². The van der Waals surface area contributed by atoms with Crippen LogP contribution in [0.15, 0.2) is 42.5 Å². The van der Waals surface area contributed by atoms with E-state index in [2.05, 4.69) is 0 Å². The molecule has 1 heterocycles. The number of nitrogen functional groups attached to an aromatic ring is 1. The number of nitrogens with zero attached hydrogens (tertiary/aromatic N) is 1. The fraction of sp³-hybridized carbons (Fsp3) is 0.100. The average molecular weight is 396 g/mol. The lowest BCUT2D eigenvalue weighted by Gasteiger charge is -2.29. The maximum absolute atomic E-state index is 13.3. The molecule has 4 rings (SSSR count). The molecule has 142 valence electrons. The van der Waals surface area contributed by atoms with Gasteiger partial charge in [0.05, 0.1) is 16.9 Å². The quantitative estimate of drug-likeness (QED) is 0.399. The standard InChI is InChI=1S/C20H16N2O5S/c1-10-6-7-15(11(2)8-10)22-19(23)13-5-3-4-12-17(13)14(20(22)24)9-16(18(12)21)27-28(25)26/h3-9H,21H2,1-2H3,(H,25,26). The van der Waals surface area contributed by atoms with E-state index < -0.39 is 23.2 Å². The van der Waals surface area contributed by atoms with Gasteiger partial charge < -0.3 is 9.92 Å². The fourth-order valence-electron chi connectivity index (χ4n) is 3.58. The number of amides is 2. The summed E-state index contributed by atoms with van der Waals surface area (Å²) < 4.78 is 25.1. The summed E-state index contributed by atoms with van der Waals surface area (Å²) in [4.78, 5) is 27.6. The van der Waals surface area contributed by atoms with Crippen molar-refractivity contribution in [1.82, 2.24) is 0 Å². The summed E-state index contributed by atoms with van der Waals surface area (Å²) in [7, 11) is 0. The Morgan fingerprint density at radius 2 is 1.75 bits per heavy atom. The Labute approximate surface area is 163 Å². The van der Waals surface area contributed by atoms with E-state index in [0.717, 1.165) is 16.0 Å². The molecule has 3 aromatic carbocycles. The van der Waals surface area contributed by atoms with E-state index >= 15 is 0 Å². The van der Waals surface area contributed by atoms with Crippen LogP contribution < -0.4 is 14.8 Å². The third-order valence-electron chi connectivity index (χ3n) is 4.79. The Morgan fingerprint density at radius 3 is 2.43 bits per heavy atom. The van der Waals surface area contributed by atoms with Gasteiger partial charge in [-0.15, -0.1) is 0 Å². The highest BCUT2D eigenvalue weighted by Crippen LogP contribution is 2.40. The molecule has 0 radical (unpaired) electrons. The summed E-state index contributed by atoms with van der Waals surface area (Å²) in [6.45, 7) is 3.75. The van der Waals surface area contributed by atoms with Crippen LogP contribution in [-0.2, 0) is 11.4 Å². The minimum atomic E-state index is -2.61. The first kappa shape index (κ1) is 18.1. The zero-order valence-corrected chi connectivity index (χ0v) is 15.9. The van der Waals surface area contributed by atoms with Crippen molar-refractivity contribution in [2.45, 2.75) is 13.8 Å². The SMILES string of the molecule is Cc1ccc(N2C(=O)c3cccc4c(N)c(OS(=O)O)cc(c34)C2=O)c(C)c1. The lowest BCUT2D eigenvalue weighted by atomic mass is 9.92. The number of carbonyl (C=O) groups excluding carboxylic acids is 2. The Bertz CT molecular complexity index is 1200. The number of carbonyl (C=O) groups is 2. The first-order valence-electron chi connectivity index (χ1n) is 8.40. The Hall–Kier alpha value is -3.23. The van der Waals surface area contributed by atoms with Gasteiger partial charge in [0, 0.05) is 16.3 Å². The highest BCUT2D eigenvalue weighted by atomic mass is 32.2. The van der Waals surface area contributed by atoms with E-state index in [-0.39, 0.29) is 17.0 Å². The highest BCUT2D eigenvalue weighted by Gasteiger charge is 2.36. The van der Waals surface area contributed by atoms with Crippen molar-refractivity contribution in [3.63, 3.8) is 0 Å². The molecular formula is C20H16N2O5S. The summed E-state index contributed by atoms with van der Waals surface area (Å²) in [6, 6.07) is 11.7. The van der Waals surface area contributed by atoms with E-state index in [9.17, 15) is 13.8 Å². The lowest BCUT2D eigenvalue weighted by Crippen LogP contribution is -2.41. The van der Waals surface area contributed by atoms with Crippen molar-refractivity contribution in [2.24, 2.45) is 0 Å². The van der Waals surface area contributed by atoms with Crippen LogP contribution in [0.3, 0.4) is 0 Å². The predicted octanol–water partition coefficient (Wildman–Crippen LogP) is 3.35. The van der Waals surface area contributed by atoms with Crippen LogP contribution in [0.2, 0.25) is 0 Å².